The Morgan fingerprint density at radius 1 is 0.886 bits per heavy atom. The molecule has 0 aliphatic carbocycles. The van der Waals surface area contributed by atoms with E-state index in [4.69, 9.17) is 27.4 Å². The second kappa shape index (κ2) is 16.7. The van der Waals surface area contributed by atoms with Crippen LogP contribution in [-0.4, -0.2) is 44.6 Å². The van der Waals surface area contributed by atoms with Crippen molar-refractivity contribution in [1.29, 1.82) is 0 Å². The molecule has 0 aromatic heterocycles. The third-order valence-corrected chi connectivity index (χ3v) is 7.74. The first-order valence-corrected chi connectivity index (χ1v) is 15.5. The van der Waals surface area contributed by atoms with Gasteiger partial charge in [-0.3, -0.25) is 0 Å². The molecule has 0 aliphatic heterocycles. The molecule has 0 saturated carbocycles. The van der Waals surface area contributed by atoms with E-state index in [1.807, 2.05) is 81.1 Å². The molecule has 0 fully saturated rings. The van der Waals surface area contributed by atoms with Crippen molar-refractivity contribution in [3.63, 3.8) is 0 Å². The van der Waals surface area contributed by atoms with Crippen molar-refractivity contribution in [2.75, 3.05) is 27.6 Å². The molecule has 3 aromatic rings. The van der Waals surface area contributed by atoms with E-state index in [1.165, 1.54) is 37.4 Å². The number of nitrogens with two attached hydrogens (primary N) is 1. The van der Waals surface area contributed by atoms with Crippen LogP contribution in [0.1, 0.15) is 37.9 Å². The fraction of sp³-hybridized carbons (Fsp3) is 0.296. The van der Waals surface area contributed by atoms with Gasteiger partial charge in [-0.15, -0.1) is 0 Å². The van der Waals surface area contributed by atoms with Crippen molar-refractivity contribution < 1.29 is 9.47 Å². The van der Waals surface area contributed by atoms with Gasteiger partial charge in [-0.2, -0.15) is 0 Å². The largest absolute Gasteiger partial charge is 0.494 e. The fourth-order valence-electron chi connectivity index (χ4n) is 3.17. The Labute approximate surface area is 232 Å². The molecule has 1 unspecified atom stereocenters. The Morgan fingerprint density at radius 2 is 1.37 bits per heavy atom. The topological polar surface area (TPSA) is 68.5 Å². The molecule has 0 aliphatic rings. The number of rotatable bonds is 10. The first-order valence-electron chi connectivity index (χ1n) is 11.6. The maximum atomic E-state index is 5.89. The monoisotopic (exact) mass is 617 g/mol. The summed E-state index contributed by atoms with van der Waals surface area (Å²) in [6, 6.07) is 24.0. The average molecular weight is 616 g/mol. The normalized spacial score (nSPS) is 11.0. The quantitative estimate of drug-likeness (QED) is 0.188. The number of thioether (sulfide) groups is 1. The van der Waals surface area contributed by atoms with Gasteiger partial charge in [-0.1, -0.05) is 0 Å². The van der Waals surface area contributed by atoms with Gasteiger partial charge in [0.25, 0.3) is 0 Å². The molecule has 0 spiro atoms. The Bertz CT molecular complexity index is 962. The van der Waals surface area contributed by atoms with Crippen LogP contribution in [0.4, 0.5) is 11.4 Å². The van der Waals surface area contributed by atoms with Gasteiger partial charge in [0.15, 0.2) is 5.11 Å². The number of hydrogen-bond acceptors (Lipinski definition) is 5. The van der Waals surface area contributed by atoms with Gasteiger partial charge in [-0.25, -0.2) is 0 Å². The minimum absolute atomic E-state index is 0.158. The summed E-state index contributed by atoms with van der Waals surface area (Å²) in [6.07, 6.45) is 0. The number of ether oxygens (including phenoxy) is 2. The summed E-state index contributed by atoms with van der Waals surface area (Å²) in [7, 11) is 0. The van der Waals surface area contributed by atoms with E-state index >= 15 is 0 Å². The van der Waals surface area contributed by atoms with Gasteiger partial charge in [0.1, 0.15) is 11.5 Å². The van der Waals surface area contributed by atoms with Crippen LogP contribution in [0.5, 0.6) is 11.5 Å². The van der Waals surface area contributed by atoms with Crippen molar-refractivity contribution in [2.45, 2.75) is 32.6 Å². The molecule has 0 saturated heterocycles. The molecular formula is C27H35N3O2S2Sn. The first-order chi connectivity index (χ1) is 17.0. The first kappa shape index (κ1) is 29.3. The summed E-state index contributed by atoms with van der Waals surface area (Å²) >= 11 is 8.63. The predicted molar refractivity (Wildman–Crippen MR) is 157 cm³/mol. The maximum absolute atomic E-state index is 5.89. The zero-order valence-corrected chi connectivity index (χ0v) is 25.6. The summed E-state index contributed by atoms with van der Waals surface area (Å²) in [5.74, 6) is 2.80. The second-order valence-corrected chi connectivity index (χ2v) is 11.8. The van der Waals surface area contributed by atoms with E-state index in [1.54, 1.807) is 0 Å². The number of nitrogens with one attached hydrogen (secondary N) is 2. The summed E-state index contributed by atoms with van der Waals surface area (Å²) in [5.41, 5.74) is 10.4. The summed E-state index contributed by atoms with van der Waals surface area (Å²) < 4.78 is 12.1. The molecule has 5 nitrogen and oxygen atoms in total. The zero-order chi connectivity index (χ0) is 25.5. The van der Waals surface area contributed by atoms with Gasteiger partial charge in [0, 0.05) is 11.4 Å². The number of anilines is 2. The second-order valence-electron chi connectivity index (χ2n) is 7.50. The van der Waals surface area contributed by atoms with Crippen molar-refractivity contribution >= 4 is 63.0 Å². The third kappa shape index (κ3) is 11.1. The Hall–Kier alpha value is -1.94. The summed E-state index contributed by atoms with van der Waals surface area (Å²) in [5, 5.41) is 6.80. The molecule has 2 radical (unpaired) electrons. The number of thiocarbonyl (C=S) groups is 1. The summed E-state index contributed by atoms with van der Waals surface area (Å²) in [4.78, 5) is 0. The predicted octanol–water partition coefficient (Wildman–Crippen LogP) is 6.09. The maximum Gasteiger partial charge on any atom is 0.175 e. The van der Waals surface area contributed by atoms with Crippen molar-refractivity contribution in [3.8, 4) is 11.5 Å². The molecule has 8 heteroatoms. The van der Waals surface area contributed by atoms with E-state index in [2.05, 4.69) is 34.9 Å². The Balaban J connectivity index is 0.000000283. The molecule has 186 valence electrons. The standard InChI is InChI=1S/C17H20N2O2S.C10H14NS.Sn.H/c1-3-20-15-9-5-13(6-10-15)18-17(22)19-14-7-11-16(12-8-14)21-4-2;1-8(11)10-6-4-3-5-9(10)7-12-2;;/h5-12H,3-4H2,1-2H3,(H2,18,19,22);3-6,8H,2,7,11H2,1H3;;. The molecule has 1 atom stereocenters. The fourth-order valence-corrected chi connectivity index (χ4v) is 5.02. The van der Waals surface area contributed by atoms with Crippen molar-refractivity contribution in [1.82, 2.24) is 0 Å². The molecule has 35 heavy (non-hydrogen) atoms. The van der Waals surface area contributed by atoms with Crippen LogP contribution >= 0.6 is 24.0 Å². The Morgan fingerprint density at radius 3 is 1.80 bits per heavy atom. The number of benzene rings is 3. The smallest absolute Gasteiger partial charge is 0.175 e. The molecule has 0 heterocycles. The van der Waals surface area contributed by atoms with Gasteiger partial charge >= 0.3 is 97.9 Å². The minimum Gasteiger partial charge on any atom is -0.494 e. The van der Waals surface area contributed by atoms with Crippen LogP contribution in [0.15, 0.2) is 72.8 Å². The molecule has 0 bridgehead atoms. The van der Waals surface area contributed by atoms with Crippen LogP contribution in [0.3, 0.4) is 0 Å². The van der Waals surface area contributed by atoms with Gasteiger partial charge in [0.2, 0.25) is 0 Å². The molecule has 0 amide bonds. The zero-order valence-electron chi connectivity index (χ0n) is 20.6. The van der Waals surface area contributed by atoms with Crippen LogP contribution < -0.4 is 25.8 Å². The van der Waals surface area contributed by atoms with Crippen LogP contribution in [0.25, 0.3) is 0 Å². The molecule has 3 rings (SSSR count). The summed E-state index contributed by atoms with van der Waals surface area (Å²) in [6.45, 7) is 7.28. The van der Waals surface area contributed by atoms with Crippen LogP contribution in [0, 0.1) is 0 Å². The van der Waals surface area contributed by atoms with Crippen LogP contribution in [-0.2, 0) is 5.75 Å². The average Bonchev–Trinajstić information content (AvgIpc) is 2.86. The SMILES string of the molecule is CC(N)c1ccccc1CS[CH2][SnH].CCOc1ccc(NC(=S)Nc2ccc(OCC)cc2)cc1. The van der Waals surface area contributed by atoms with Crippen molar-refractivity contribution in [2.24, 2.45) is 5.73 Å². The molecule has 3 aromatic carbocycles. The van der Waals surface area contributed by atoms with Crippen LogP contribution in [0.2, 0.25) is 0 Å². The third-order valence-electron chi connectivity index (χ3n) is 4.77. The van der Waals surface area contributed by atoms with Gasteiger partial charge < -0.3 is 20.1 Å². The van der Waals surface area contributed by atoms with Gasteiger partial charge in [0.05, 0.1) is 13.2 Å². The number of hydrogen-bond donors (Lipinski definition) is 3. The van der Waals surface area contributed by atoms with E-state index in [0.29, 0.717) is 18.3 Å². The Kier molecular flexibility index (Phi) is 14.0. The van der Waals surface area contributed by atoms with E-state index in [-0.39, 0.29) is 6.04 Å². The molecular weight excluding hydrogens is 581 g/mol. The van der Waals surface area contributed by atoms with Crippen molar-refractivity contribution in [3.05, 3.63) is 83.9 Å². The van der Waals surface area contributed by atoms with E-state index < -0.39 is 0 Å². The van der Waals surface area contributed by atoms with E-state index in [0.717, 1.165) is 28.6 Å². The van der Waals surface area contributed by atoms with Gasteiger partial charge in [-0.05, 0) is 74.6 Å². The van der Waals surface area contributed by atoms with E-state index in [9.17, 15) is 0 Å². The minimum atomic E-state index is 0.158. The molecule has 4 N–H and O–H groups in total.